The number of nitrogens with one attached hydrogen (secondary N) is 2. The van der Waals surface area contributed by atoms with Crippen LogP contribution in [0, 0.1) is 0 Å². The van der Waals surface area contributed by atoms with Crippen LogP contribution >= 0.6 is 0 Å². The number of rotatable bonds is 4. The van der Waals surface area contributed by atoms with E-state index in [9.17, 15) is 4.79 Å². The number of hydrogen-bond acceptors (Lipinski definition) is 3. The van der Waals surface area contributed by atoms with Crippen molar-refractivity contribution in [1.82, 2.24) is 10.6 Å². The molecule has 1 aliphatic heterocycles. The largest absolute Gasteiger partial charge is 0.353 e. The first-order chi connectivity index (χ1) is 9.06. The summed E-state index contributed by atoms with van der Waals surface area (Å²) >= 11 is 0. The Kier molecular flexibility index (Phi) is 4.10. The van der Waals surface area contributed by atoms with Gasteiger partial charge in [-0.05, 0) is 46.0 Å². The average molecular weight is 261 g/mol. The lowest BCUT2D eigenvalue weighted by atomic mass is 9.93. The zero-order chi connectivity index (χ0) is 13.9. The minimum absolute atomic E-state index is 0.0757. The molecule has 1 fully saturated rings. The summed E-state index contributed by atoms with van der Waals surface area (Å²) in [6.45, 7) is 5.85. The topological polar surface area (TPSA) is 44.4 Å². The fraction of sp³-hybridized carbons (Fsp3) is 0.533. The molecule has 1 aromatic carbocycles. The van der Waals surface area contributed by atoms with Gasteiger partial charge in [-0.15, -0.1) is 0 Å². The van der Waals surface area contributed by atoms with Gasteiger partial charge in [-0.1, -0.05) is 18.2 Å². The van der Waals surface area contributed by atoms with E-state index < -0.39 is 0 Å². The Morgan fingerprint density at radius 2 is 2.05 bits per heavy atom. The quantitative estimate of drug-likeness (QED) is 0.860. The van der Waals surface area contributed by atoms with E-state index in [2.05, 4.69) is 41.5 Å². The number of carbonyl (C=O) groups is 1. The minimum Gasteiger partial charge on any atom is -0.353 e. The van der Waals surface area contributed by atoms with Gasteiger partial charge in [0.25, 0.3) is 0 Å². The van der Waals surface area contributed by atoms with Gasteiger partial charge in [0, 0.05) is 12.2 Å². The zero-order valence-electron chi connectivity index (χ0n) is 11.9. The van der Waals surface area contributed by atoms with Gasteiger partial charge in [-0.3, -0.25) is 4.79 Å². The molecule has 19 heavy (non-hydrogen) atoms. The van der Waals surface area contributed by atoms with E-state index in [-0.39, 0.29) is 17.5 Å². The molecular formula is C15H23N3O. The number of hydrogen-bond donors (Lipinski definition) is 2. The number of carbonyl (C=O) groups excluding carboxylic acids is 1. The molecule has 4 nitrogen and oxygen atoms in total. The first kappa shape index (κ1) is 13.9. The van der Waals surface area contributed by atoms with Gasteiger partial charge in [0.2, 0.25) is 5.91 Å². The summed E-state index contributed by atoms with van der Waals surface area (Å²) in [4.78, 5) is 14.4. The predicted octanol–water partition coefficient (Wildman–Crippen LogP) is 1.38. The fourth-order valence-corrected chi connectivity index (χ4v) is 2.70. The second-order valence-corrected chi connectivity index (χ2v) is 5.64. The van der Waals surface area contributed by atoms with Gasteiger partial charge in [0.1, 0.15) is 6.04 Å². The molecule has 0 saturated carbocycles. The van der Waals surface area contributed by atoms with Gasteiger partial charge in [-0.2, -0.15) is 0 Å². The predicted molar refractivity (Wildman–Crippen MR) is 78.3 cm³/mol. The molecule has 104 valence electrons. The van der Waals surface area contributed by atoms with Crippen LogP contribution in [0.25, 0.3) is 0 Å². The Balaban J connectivity index is 2.32. The molecule has 4 heteroatoms. The molecule has 1 atom stereocenters. The molecule has 1 heterocycles. The first-order valence-electron chi connectivity index (χ1n) is 6.83. The van der Waals surface area contributed by atoms with Crippen molar-refractivity contribution in [3.05, 3.63) is 30.3 Å². The summed E-state index contributed by atoms with van der Waals surface area (Å²) < 4.78 is 0. The van der Waals surface area contributed by atoms with Gasteiger partial charge in [0.15, 0.2) is 0 Å². The first-order valence-corrected chi connectivity index (χ1v) is 6.83. The van der Waals surface area contributed by atoms with Crippen molar-refractivity contribution < 1.29 is 4.79 Å². The van der Waals surface area contributed by atoms with Crippen molar-refractivity contribution >= 4 is 11.6 Å². The van der Waals surface area contributed by atoms with Crippen molar-refractivity contribution in [3.8, 4) is 0 Å². The van der Waals surface area contributed by atoms with Crippen LogP contribution in [0.2, 0.25) is 0 Å². The summed E-state index contributed by atoms with van der Waals surface area (Å²) in [6.07, 6.45) is 0.806. The van der Waals surface area contributed by atoms with Crippen LogP contribution in [0.1, 0.15) is 20.3 Å². The van der Waals surface area contributed by atoms with E-state index in [1.807, 2.05) is 25.2 Å². The van der Waals surface area contributed by atoms with Gasteiger partial charge in [-0.25, -0.2) is 0 Å². The Hall–Kier alpha value is -1.55. The van der Waals surface area contributed by atoms with E-state index in [1.165, 1.54) is 0 Å². The second kappa shape index (κ2) is 5.61. The number of piperazine rings is 1. The lowest BCUT2D eigenvalue weighted by Gasteiger charge is -2.48. The van der Waals surface area contributed by atoms with Crippen LogP contribution in [0.4, 0.5) is 5.69 Å². The van der Waals surface area contributed by atoms with Crippen LogP contribution in [0.3, 0.4) is 0 Å². The molecule has 0 spiro atoms. The highest BCUT2D eigenvalue weighted by Gasteiger charge is 2.40. The van der Waals surface area contributed by atoms with E-state index in [1.54, 1.807) is 0 Å². The summed E-state index contributed by atoms with van der Waals surface area (Å²) in [5.74, 6) is 0.124. The minimum atomic E-state index is -0.112. The highest BCUT2D eigenvalue weighted by atomic mass is 16.2. The Morgan fingerprint density at radius 3 is 2.68 bits per heavy atom. The lowest BCUT2D eigenvalue weighted by molar-refractivity contribution is -0.124. The highest BCUT2D eigenvalue weighted by Crippen LogP contribution is 2.30. The SMILES string of the molecule is CNCCC1C(=O)NCC(C)(C)N1c1ccccc1. The normalized spacial score (nSPS) is 22.2. The summed E-state index contributed by atoms with van der Waals surface area (Å²) in [7, 11) is 1.92. The van der Waals surface area contributed by atoms with Crippen LogP contribution in [-0.4, -0.2) is 37.6 Å². The van der Waals surface area contributed by atoms with E-state index in [0.717, 1.165) is 18.7 Å². The third-order valence-electron chi connectivity index (χ3n) is 3.66. The molecule has 1 amide bonds. The van der Waals surface area contributed by atoms with E-state index >= 15 is 0 Å². The van der Waals surface area contributed by atoms with E-state index in [4.69, 9.17) is 0 Å². The number of amides is 1. The maximum atomic E-state index is 12.2. The monoisotopic (exact) mass is 261 g/mol. The van der Waals surface area contributed by atoms with Crippen molar-refractivity contribution in [3.63, 3.8) is 0 Å². The maximum absolute atomic E-state index is 12.2. The second-order valence-electron chi connectivity index (χ2n) is 5.64. The third kappa shape index (κ3) is 2.89. The molecule has 1 aromatic rings. The maximum Gasteiger partial charge on any atom is 0.242 e. The van der Waals surface area contributed by atoms with Crippen molar-refractivity contribution in [1.29, 1.82) is 0 Å². The lowest BCUT2D eigenvalue weighted by Crippen LogP contribution is -2.66. The number of benzene rings is 1. The molecule has 1 saturated heterocycles. The van der Waals surface area contributed by atoms with Gasteiger partial charge < -0.3 is 15.5 Å². The molecule has 0 aromatic heterocycles. The number of anilines is 1. The fourth-order valence-electron chi connectivity index (χ4n) is 2.70. The molecule has 0 bridgehead atoms. The summed E-state index contributed by atoms with van der Waals surface area (Å²) in [6, 6.07) is 10.1. The molecule has 1 unspecified atom stereocenters. The highest BCUT2D eigenvalue weighted by molar-refractivity contribution is 5.87. The van der Waals surface area contributed by atoms with Gasteiger partial charge >= 0.3 is 0 Å². The van der Waals surface area contributed by atoms with Crippen LogP contribution in [0.15, 0.2) is 30.3 Å². The van der Waals surface area contributed by atoms with Crippen molar-refractivity contribution in [2.24, 2.45) is 0 Å². The third-order valence-corrected chi connectivity index (χ3v) is 3.66. The Labute approximate surface area is 115 Å². The van der Waals surface area contributed by atoms with E-state index in [0.29, 0.717) is 6.54 Å². The standard InChI is InChI=1S/C15H23N3O/c1-15(2)11-17-14(19)13(9-10-16-3)18(15)12-7-5-4-6-8-12/h4-8,13,16H,9-11H2,1-3H3,(H,17,19). The molecule has 2 N–H and O–H groups in total. The Bertz CT molecular complexity index is 430. The molecule has 1 aliphatic rings. The molecule has 0 radical (unpaired) electrons. The van der Waals surface area contributed by atoms with Gasteiger partial charge in [0.05, 0.1) is 5.54 Å². The zero-order valence-corrected chi connectivity index (χ0v) is 11.9. The summed E-state index contributed by atoms with van der Waals surface area (Å²) in [5, 5.41) is 6.15. The molecule has 2 rings (SSSR count). The van der Waals surface area contributed by atoms with Crippen molar-refractivity contribution in [2.75, 3.05) is 25.0 Å². The van der Waals surface area contributed by atoms with Crippen LogP contribution in [-0.2, 0) is 4.79 Å². The smallest absolute Gasteiger partial charge is 0.242 e. The summed E-state index contributed by atoms with van der Waals surface area (Å²) in [5.41, 5.74) is 1.04. The number of nitrogens with zero attached hydrogens (tertiary/aromatic N) is 1. The van der Waals surface area contributed by atoms with Crippen molar-refractivity contribution in [2.45, 2.75) is 31.8 Å². The molecular weight excluding hydrogens is 238 g/mol. The van der Waals surface area contributed by atoms with Crippen LogP contribution in [0.5, 0.6) is 0 Å². The molecule has 0 aliphatic carbocycles. The number of para-hydroxylation sites is 1. The average Bonchev–Trinajstić information content (AvgIpc) is 2.40. The van der Waals surface area contributed by atoms with Crippen LogP contribution < -0.4 is 15.5 Å². The Morgan fingerprint density at radius 1 is 1.37 bits per heavy atom.